The largest absolute Gasteiger partial charge is 0.475 e. The third-order valence-corrected chi connectivity index (χ3v) is 2.93. The number of ether oxygens (including phenoxy) is 1. The van der Waals surface area contributed by atoms with Crippen LogP contribution in [0.2, 0.25) is 0 Å². The predicted molar refractivity (Wildman–Crippen MR) is 81.2 cm³/mol. The smallest absolute Gasteiger partial charge is 0.225 e. The van der Waals surface area contributed by atoms with E-state index < -0.39 is 0 Å². The third kappa shape index (κ3) is 4.23. The molecule has 0 bridgehead atoms. The number of nitrogens with zero attached hydrogens (tertiary/aromatic N) is 2. The van der Waals surface area contributed by atoms with Gasteiger partial charge in [0, 0.05) is 18.8 Å². The molecule has 0 amide bonds. The van der Waals surface area contributed by atoms with Gasteiger partial charge in [-0.1, -0.05) is 24.3 Å². The highest BCUT2D eigenvalue weighted by Gasteiger charge is 2.02. The van der Waals surface area contributed by atoms with Crippen LogP contribution in [0, 0.1) is 6.92 Å². The van der Waals surface area contributed by atoms with Gasteiger partial charge in [-0.05, 0) is 38.3 Å². The molecule has 0 aliphatic heterocycles. The number of nitrogens with one attached hydrogen (secondary N) is 1. The molecule has 0 aliphatic carbocycles. The van der Waals surface area contributed by atoms with E-state index in [9.17, 15) is 0 Å². The Hall–Kier alpha value is -2.10. The molecule has 1 heterocycles. The van der Waals surface area contributed by atoms with E-state index in [0.717, 1.165) is 13.0 Å². The van der Waals surface area contributed by atoms with Crippen molar-refractivity contribution in [1.29, 1.82) is 0 Å². The van der Waals surface area contributed by atoms with Gasteiger partial charge in [0.15, 0.2) is 0 Å². The zero-order valence-corrected chi connectivity index (χ0v) is 12.3. The number of hydrogen-bond donors (Lipinski definition) is 1. The van der Waals surface area contributed by atoms with Crippen molar-refractivity contribution in [2.75, 3.05) is 11.9 Å². The predicted octanol–water partition coefficient (Wildman–Crippen LogP) is 3.23. The van der Waals surface area contributed by atoms with Gasteiger partial charge in [-0.3, -0.25) is 0 Å². The summed E-state index contributed by atoms with van der Waals surface area (Å²) >= 11 is 0. The van der Waals surface area contributed by atoms with E-state index in [2.05, 4.69) is 46.5 Å². The van der Waals surface area contributed by atoms with Crippen LogP contribution in [0.4, 0.5) is 5.95 Å². The van der Waals surface area contributed by atoms with Crippen LogP contribution in [0.3, 0.4) is 0 Å². The minimum Gasteiger partial charge on any atom is -0.475 e. The molecule has 0 aliphatic rings. The van der Waals surface area contributed by atoms with Crippen molar-refractivity contribution in [3.05, 3.63) is 47.7 Å². The zero-order valence-electron chi connectivity index (χ0n) is 12.3. The Morgan fingerprint density at radius 3 is 2.75 bits per heavy atom. The number of aryl methyl sites for hydroxylation is 1. The second-order valence-corrected chi connectivity index (χ2v) is 4.99. The molecule has 0 radical (unpaired) electrons. The monoisotopic (exact) mass is 271 g/mol. The topological polar surface area (TPSA) is 47.0 Å². The van der Waals surface area contributed by atoms with Gasteiger partial charge >= 0.3 is 0 Å². The molecule has 4 nitrogen and oxygen atoms in total. The van der Waals surface area contributed by atoms with Gasteiger partial charge in [-0.15, -0.1) is 0 Å². The first kappa shape index (κ1) is 14.3. The van der Waals surface area contributed by atoms with Crippen LogP contribution in [-0.2, 0) is 6.42 Å². The lowest BCUT2D eigenvalue weighted by Crippen LogP contribution is -2.11. The molecule has 0 fully saturated rings. The van der Waals surface area contributed by atoms with Gasteiger partial charge in [0.2, 0.25) is 11.8 Å². The molecular formula is C16H21N3O. The Labute approximate surface area is 120 Å². The molecule has 1 N–H and O–H groups in total. The lowest BCUT2D eigenvalue weighted by Gasteiger charge is -2.10. The molecule has 20 heavy (non-hydrogen) atoms. The van der Waals surface area contributed by atoms with Crippen LogP contribution >= 0.6 is 0 Å². The minimum absolute atomic E-state index is 0.115. The fourth-order valence-corrected chi connectivity index (χ4v) is 1.93. The fourth-order valence-electron chi connectivity index (χ4n) is 1.93. The summed E-state index contributed by atoms with van der Waals surface area (Å²) in [6.45, 7) is 6.89. The summed E-state index contributed by atoms with van der Waals surface area (Å²) in [6.07, 6.45) is 2.77. The van der Waals surface area contributed by atoms with Crippen LogP contribution < -0.4 is 10.1 Å². The summed E-state index contributed by atoms with van der Waals surface area (Å²) in [7, 11) is 0. The van der Waals surface area contributed by atoms with E-state index in [0.29, 0.717) is 11.8 Å². The van der Waals surface area contributed by atoms with E-state index in [1.54, 1.807) is 12.3 Å². The molecule has 2 aromatic rings. The number of aromatic nitrogens is 2. The van der Waals surface area contributed by atoms with Gasteiger partial charge in [-0.25, -0.2) is 4.98 Å². The first-order valence-corrected chi connectivity index (χ1v) is 6.93. The summed E-state index contributed by atoms with van der Waals surface area (Å²) in [6, 6.07) is 10.2. The molecule has 1 aromatic carbocycles. The van der Waals surface area contributed by atoms with E-state index in [1.165, 1.54) is 11.1 Å². The fraction of sp³-hybridized carbons (Fsp3) is 0.375. The Bertz CT molecular complexity index is 555. The van der Waals surface area contributed by atoms with Crippen molar-refractivity contribution in [1.82, 2.24) is 9.97 Å². The highest BCUT2D eigenvalue weighted by atomic mass is 16.5. The van der Waals surface area contributed by atoms with Gasteiger partial charge in [-0.2, -0.15) is 4.98 Å². The Balaban J connectivity index is 1.89. The average molecular weight is 271 g/mol. The van der Waals surface area contributed by atoms with Gasteiger partial charge in [0.1, 0.15) is 0 Å². The number of benzene rings is 1. The maximum atomic E-state index is 5.55. The van der Waals surface area contributed by atoms with E-state index in [4.69, 9.17) is 4.74 Å². The molecule has 0 unspecified atom stereocenters. The first-order chi connectivity index (χ1) is 9.65. The van der Waals surface area contributed by atoms with Crippen LogP contribution in [0.25, 0.3) is 0 Å². The van der Waals surface area contributed by atoms with Crippen LogP contribution in [0.15, 0.2) is 36.5 Å². The Morgan fingerprint density at radius 2 is 2.00 bits per heavy atom. The van der Waals surface area contributed by atoms with Crippen LogP contribution in [-0.4, -0.2) is 22.6 Å². The van der Waals surface area contributed by atoms with Crippen LogP contribution in [0.5, 0.6) is 5.88 Å². The molecule has 0 atom stereocenters. The molecule has 0 spiro atoms. The van der Waals surface area contributed by atoms with Crippen molar-refractivity contribution in [2.45, 2.75) is 33.3 Å². The summed E-state index contributed by atoms with van der Waals surface area (Å²) in [4.78, 5) is 8.52. The van der Waals surface area contributed by atoms with Crippen molar-refractivity contribution in [3.8, 4) is 5.88 Å². The second-order valence-electron chi connectivity index (χ2n) is 4.99. The Kier molecular flexibility index (Phi) is 4.93. The SMILES string of the molecule is Cc1ccccc1CCNc1nccc(OC(C)C)n1. The number of rotatable bonds is 6. The maximum absolute atomic E-state index is 5.55. The summed E-state index contributed by atoms with van der Waals surface area (Å²) in [5, 5.41) is 3.23. The summed E-state index contributed by atoms with van der Waals surface area (Å²) < 4.78 is 5.55. The maximum Gasteiger partial charge on any atom is 0.225 e. The summed E-state index contributed by atoms with van der Waals surface area (Å²) in [5.74, 6) is 1.21. The number of hydrogen-bond acceptors (Lipinski definition) is 4. The van der Waals surface area contributed by atoms with Crippen LogP contribution in [0.1, 0.15) is 25.0 Å². The van der Waals surface area contributed by atoms with E-state index >= 15 is 0 Å². The van der Waals surface area contributed by atoms with E-state index in [1.807, 2.05) is 13.8 Å². The highest BCUT2D eigenvalue weighted by molar-refractivity contribution is 5.30. The van der Waals surface area contributed by atoms with Crippen molar-refractivity contribution in [2.24, 2.45) is 0 Å². The lowest BCUT2D eigenvalue weighted by atomic mass is 10.1. The van der Waals surface area contributed by atoms with Gasteiger partial charge < -0.3 is 10.1 Å². The van der Waals surface area contributed by atoms with Crippen molar-refractivity contribution >= 4 is 5.95 Å². The quantitative estimate of drug-likeness (QED) is 0.876. The molecule has 0 saturated carbocycles. The molecule has 4 heteroatoms. The lowest BCUT2D eigenvalue weighted by molar-refractivity contribution is 0.232. The molecule has 0 saturated heterocycles. The first-order valence-electron chi connectivity index (χ1n) is 6.93. The third-order valence-electron chi connectivity index (χ3n) is 2.93. The highest BCUT2D eigenvalue weighted by Crippen LogP contribution is 2.11. The second kappa shape index (κ2) is 6.89. The molecule has 1 aromatic heterocycles. The molecule has 2 rings (SSSR count). The van der Waals surface area contributed by atoms with Crippen molar-refractivity contribution in [3.63, 3.8) is 0 Å². The Morgan fingerprint density at radius 1 is 1.20 bits per heavy atom. The molecule has 106 valence electrons. The van der Waals surface area contributed by atoms with Gasteiger partial charge in [0.05, 0.1) is 6.10 Å². The summed E-state index contributed by atoms with van der Waals surface area (Å²) in [5.41, 5.74) is 2.65. The van der Waals surface area contributed by atoms with E-state index in [-0.39, 0.29) is 6.10 Å². The minimum atomic E-state index is 0.115. The zero-order chi connectivity index (χ0) is 14.4. The standard InChI is InChI=1S/C16H21N3O/c1-12(2)20-15-9-11-18-16(19-15)17-10-8-14-7-5-4-6-13(14)3/h4-7,9,11-12H,8,10H2,1-3H3,(H,17,18,19). The van der Waals surface area contributed by atoms with Gasteiger partial charge in [0.25, 0.3) is 0 Å². The molecular weight excluding hydrogens is 250 g/mol. The number of anilines is 1. The van der Waals surface area contributed by atoms with Crippen molar-refractivity contribution < 1.29 is 4.74 Å². The normalized spacial score (nSPS) is 10.6. The average Bonchev–Trinajstić information content (AvgIpc) is 2.41.